The summed E-state index contributed by atoms with van der Waals surface area (Å²) in [6, 6.07) is 0. The van der Waals surface area contributed by atoms with Crippen LogP contribution in [0.4, 0.5) is 0 Å². The molecule has 0 spiro atoms. The fourth-order valence-electron chi connectivity index (χ4n) is 1.79. The van der Waals surface area contributed by atoms with Gasteiger partial charge in [0, 0.05) is 0 Å². The second-order valence-corrected chi connectivity index (χ2v) is 3.34. The van der Waals surface area contributed by atoms with Crippen LogP contribution in [0.15, 0.2) is 0 Å². The predicted octanol–water partition coefficient (Wildman–Crippen LogP) is 1.04. The lowest BCUT2D eigenvalue weighted by Gasteiger charge is -2.27. The summed E-state index contributed by atoms with van der Waals surface area (Å²) >= 11 is 0. The van der Waals surface area contributed by atoms with Crippen LogP contribution >= 0.6 is 0 Å². The van der Waals surface area contributed by atoms with Gasteiger partial charge in [-0.15, -0.1) is 0 Å². The molecule has 1 rings (SSSR count). The first-order chi connectivity index (χ1) is 4.72. The summed E-state index contributed by atoms with van der Waals surface area (Å²) in [7, 11) is -1.09. The largest absolute Gasteiger partial charge is 0.455 e. The van der Waals surface area contributed by atoms with Crippen LogP contribution in [0.2, 0.25) is 5.82 Å². The Balaban J connectivity index is 2.40. The van der Waals surface area contributed by atoms with Crippen molar-refractivity contribution in [2.24, 2.45) is 5.92 Å². The minimum absolute atomic E-state index is 0.133. The Labute approximate surface area is 62.4 Å². The van der Waals surface area contributed by atoms with Crippen molar-refractivity contribution in [2.75, 3.05) is 0 Å². The second kappa shape index (κ2) is 3.40. The van der Waals surface area contributed by atoms with E-state index in [-0.39, 0.29) is 5.82 Å². The van der Waals surface area contributed by atoms with Gasteiger partial charge in [-0.2, -0.15) is 0 Å². The zero-order valence-corrected chi connectivity index (χ0v) is 6.45. The molecule has 2 N–H and O–H groups in total. The Morgan fingerprint density at radius 1 is 1.20 bits per heavy atom. The van der Waals surface area contributed by atoms with Crippen molar-refractivity contribution >= 4 is 7.12 Å². The molecule has 0 heterocycles. The topological polar surface area (TPSA) is 40.5 Å². The van der Waals surface area contributed by atoms with E-state index in [1.54, 1.807) is 0 Å². The molecule has 1 saturated carbocycles. The lowest BCUT2D eigenvalue weighted by Crippen LogP contribution is -2.27. The van der Waals surface area contributed by atoms with Crippen molar-refractivity contribution < 1.29 is 10.0 Å². The highest BCUT2D eigenvalue weighted by Crippen LogP contribution is 2.34. The van der Waals surface area contributed by atoms with Gasteiger partial charge in [0.05, 0.1) is 0 Å². The van der Waals surface area contributed by atoms with E-state index >= 15 is 0 Å². The van der Waals surface area contributed by atoms with Crippen LogP contribution < -0.4 is 0 Å². The molecule has 3 heteroatoms. The van der Waals surface area contributed by atoms with Crippen molar-refractivity contribution in [1.29, 1.82) is 0 Å². The summed E-state index contributed by atoms with van der Waals surface area (Å²) in [6.45, 7) is 2.10. The lowest BCUT2D eigenvalue weighted by molar-refractivity contribution is 0.301. The van der Waals surface area contributed by atoms with Crippen LogP contribution in [0.5, 0.6) is 0 Å². The van der Waals surface area contributed by atoms with Gasteiger partial charge in [0.15, 0.2) is 0 Å². The highest BCUT2D eigenvalue weighted by Gasteiger charge is 2.30. The standard InChI is InChI=1S/C7H15BO2/c1-6-4-2-3-5-7(6)8(9)10/h6-7,9-10H,2-5H2,1H3/t6-,7-/m0/s1. The molecule has 10 heavy (non-hydrogen) atoms. The molecule has 0 bridgehead atoms. The average molecular weight is 142 g/mol. The van der Waals surface area contributed by atoms with E-state index in [1.807, 2.05) is 0 Å². The number of hydrogen-bond donors (Lipinski definition) is 2. The molecular weight excluding hydrogens is 127 g/mol. The zero-order chi connectivity index (χ0) is 7.56. The van der Waals surface area contributed by atoms with Gasteiger partial charge in [-0.25, -0.2) is 0 Å². The van der Waals surface area contributed by atoms with Gasteiger partial charge in [-0.3, -0.25) is 0 Å². The van der Waals surface area contributed by atoms with Crippen molar-refractivity contribution in [3.8, 4) is 0 Å². The maximum absolute atomic E-state index is 8.90. The summed E-state index contributed by atoms with van der Waals surface area (Å²) < 4.78 is 0. The van der Waals surface area contributed by atoms with E-state index in [9.17, 15) is 0 Å². The average Bonchev–Trinajstić information content (AvgIpc) is 1.88. The summed E-state index contributed by atoms with van der Waals surface area (Å²) in [6.07, 6.45) is 4.55. The van der Waals surface area contributed by atoms with Gasteiger partial charge in [0.2, 0.25) is 0 Å². The molecule has 1 aliphatic carbocycles. The van der Waals surface area contributed by atoms with Gasteiger partial charge < -0.3 is 10.0 Å². The molecule has 1 fully saturated rings. The molecule has 0 aliphatic heterocycles. The molecule has 0 amide bonds. The molecule has 0 aromatic heterocycles. The molecule has 0 radical (unpaired) electrons. The second-order valence-electron chi connectivity index (χ2n) is 3.34. The molecule has 2 atom stereocenters. The third-order valence-electron chi connectivity index (χ3n) is 2.56. The normalized spacial score (nSPS) is 33.9. The highest BCUT2D eigenvalue weighted by molar-refractivity contribution is 6.43. The Morgan fingerprint density at radius 3 is 2.20 bits per heavy atom. The predicted molar refractivity (Wildman–Crippen MR) is 41.6 cm³/mol. The van der Waals surface area contributed by atoms with Crippen molar-refractivity contribution in [2.45, 2.75) is 38.4 Å². The zero-order valence-electron chi connectivity index (χ0n) is 6.45. The minimum Gasteiger partial charge on any atom is -0.427 e. The Hall–Kier alpha value is -0.0151. The van der Waals surface area contributed by atoms with Crippen LogP contribution in [0, 0.1) is 5.92 Å². The van der Waals surface area contributed by atoms with Gasteiger partial charge in [-0.05, 0) is 11.7 Å². The van der Waals surface area contributed by atoms with Crippen LogP contribution in [0.25, 0.3) is 0 Å². The van der Waals surface area contributed by atoms with E-state index in [0.717, 1.165) is 19.3 Å². The molecule has 0 saturated heterocycles. The van der Waals surface area contributed by atoms with E-state index < -0.39 is 7.12 Å². The smallest absolute Gasteiger partial charge is 0.427 e. The van der Waals surface area contributed by atoms with Crippen molar-refractivity contribution in [3.63, 3.8) is 0 Å². The third-order valence-corrected chi connectivity index (χ3v) is 2.56. The first-order valence-corrected chi connectivity index (χ1v) is 4.08. The maximum atomic E-state index is 8.90. The van der Waals surface area contributed by atoms with Gasteiger partial charge in [0.25, 0.3) is 0 Å². The van der Waals surface area contributed by atoms with Crippen LogP contribution in [0.3, 0.4) is 0 Å². The quantitative estimate of drug-likeness (QED) is 0.537. The van der Waals surface area contributed by atoms with Crippen LogP contribution in [-0.2, 0) is 0 Å². The van der Waals surface area contributed by atoms with Gasteiger partial charge in [-0.1, -0.05) is 32.6 Å². The summed E-state index contributed by atoms with van der Waals surface area (Å²) in [5.41, 5.74) is 0. The monoisotopic (exact) mass is 142 g/mol. The van der Waals surface area contributed by atoms with Crippen LogP contribution in [-0.4, -0.2) is 17.2 Å². The Bertz CT molecular complexity index is 106. The summed E-state index contributed by atoms with van der Waals surface area (Å²) in [5.74, 6) is 0.627. The number of hydrogen-bond acceptors (Lipinski definition) is 2. The van der Waals surface area contributed by atoms with E-state index in [4.69, 9.17) is 10.0 Å². The maximum Gasteiger partial charge on any atom is 0.455 e. The van der Waals surface area contributed by atoms with Gasteiger partial charge in [0.1, 0.15) is 0 Å². The molecule has 1 aliphatic rings. The first kappa shape index (κ1) is 8.09. The fraction of sp³-hybridized carbons (Fsp3) is 1.00. The van der Waals surface area contributed by atoms with Gasteiger partial charge >= 0.3 is 7.12 Å². The Kier molecular flexibility index (Phi) is 2.75. The highest BCUT2D eigenvalue weighted by atomic mass is 16.4. The lowest BCUT2D eigenvalue weighted by atomic mass is 9.60. The SMILES string of the molecule is C[C@H]1CCCC[C@@H]1B(O)O. The van der Waals surface area contributed by atoms with E-state index in [0.29, 0.717) is 5.92 Å². The number of rotatable bonds is 1. The van der Waals surface area contributed by atoms with Crippen molar-refractivity contribution in [3.05, 3.63) is 0 Å². The van der Waals surface area contributed by atoms with E-state index in [2.05, 4.69) is 6.92 Å². The first-order valence-electron chi connectivity index (χ1n) is 4.08. The summed E-state index contributed by atoms with van der Waals surface area (Å²) in [4.78, 5) is 0. The molecule has 0 aromatic rings. The minimum atomic E-state index is -1.09. The van der Waals surface area contributed by atoms with E-state index in [1.165, 1.54) is 6.42 Å². The van der Waals surface area contributed by atoms with Crippen LogP contribution in [0.1, 0.15) is 32.6 Å². The Morgan fingerprint density at radius 2 is 1.80 bits per heavy atom. The molecular formula is C7H15BO2. The molecule has 0 unspecified atom stereocenters. The van der Waals surface area contributed by atoms with Crippen molar-refractivity contribution in [1.82, 2.24) is 0 Å². The summed E-state index contributed by atoms with van der Waals surface area (Å²) in [5, 5.41) is 17.8. The molecule has 0 aromatic carbocycles. The molecule has 2 nitrogen and oxygen atoms in total. The molecule has 58 valence electrons. The third kappa shape index (κ3) is 1.73. The fourth-order valence-corrected chi connectivity index (χ4v) is 1.79.